The Morgan fingerprint density at radius 1 is 0.286 bits per heavy atom. The topological polar surface area (TPSA) is 94.1 Å². The molecule has 0 radical (unpaired) electrons. The molecule has 0 atom stereocenters. The summed E-state index contributed by atoms with van der Waals surface area (Å²) in [5.74, 6) is 4.95. The molecule has 432 valence electrons. The maximum Gasteiger partial charge on any atom is 0.130 e. The Kier molecular flexibility index (Phi) is 17.6. The molecule has 1 aliphatic carbocycles. The van der Waals surface area contributed by atoms with E-state index < -0.39 is 0 Å². The van der Waals surface area contributed by atoms with Gasteiger partial charge in [-0.2, -0.15) is 0 Å². The molecule has 0 saturated heterocycles. The molecular weight excluding hydrogens is 1040 g/mol. The second-order valence-electron chi connectivity index (χ2n) is 25.3. The van der Waals surface area contributed by atoms with Crippen LogP contribution in [0.1, 0.15) is 163 Å². The van der Waals surface area contributed by atoms with E-state index in [-0.39, 0.29) is 16.2 Å². The standard InChI is InChI=1S/C75H81N3O6/c1-73(2,3)61-40-55-34-49-22-19-24-51(70(49)82-46-64-28-13-16-31-76-64)36-57-42-62(74(4,5)6)44-59(68(57)80-11)38-53-26-21-27-54(72(53)84-48-66-30-15-18-33-78-66)39-60-45-63(75(7,8)9)43-58(69(60)81-12)37-52-25-20-23-50(35-56(41-61)67(55)79-10)71(52)83-47-65-29-14-17-32-77-65/h13-33,40-45H,34-39,46-48H2,1-12H3. The van der Waals surface area contributed by atoms with Gasteiger partial charge in [0, 0.05) is 57.1 Å². The van der Waals surface area contributed by atoms with Crippen molar-refractivity contribution in [1.29, 1.82) is 0 Å². The summed E-state index contributed by atoms with van der Waals surface area (Å²) < 4.78 is 41.1. The number of hydrogen-bond donors (Lipinski definition) is 0. The summed E-state index contributed by atoms with van der Waals surface area (Å²) in [4.78, 5) is 14.1. The number of benzene rings is 6. The van der Waals surface area contributed by atoms with E-state index in [1.165, 1.54) is 16.7 Å². The monoisotopic (exact) mass is 1120 g/mol. The highest BCUT2D eigenvalue weighted by molar-refractivity contribution is 5.60. The molecule has 0 spiro atoms. The van der Waals surface area contributed by atoms with E-state index in [0.29, 0.717) is 58.3 Å². The second-order valence-corrected chi connectivity index (χ2v) is 25.3. The lowest BCUT2D eigenvalue weighted by Crippen LogP contribution is -2.15. The Morgan fingerprint density at radius 3 is 0.690 bits per heavy atom. The smallest absolute Gasteiger partial charge is 0.130 e. The number of hydrogen-bond acceptors (Lipinski definition) is 9. The van der Waals surface area contributed by atoms with Crippen molar-refractivity contribution in [3.05, 3.63) is 265 Å². The van der Waals surface area contributed by atoms with Gasteiger partial charge in [0.05, 0.1) is 38.4 Å². The SMILES string of the molecule is COc1c2cc(C(C)(C)C)cc1Cc1cccc(c1OCc1ccccn1)Cc1cc(C(C)(C)C)cc(c1OC)Cc1cccc(c1OCc1ccccn1)Cc1cc(C(C)(C)C)cc(c1OC)Cc1cccc(c1OCc1ccccn1)C2. The third-order valence-corrected chi connectivity index (χ3v) is 16.0. The van der Waals surface area contributed by atoms with Gasteiger partial charge in [-0.05, 0) is 136 Å². The van der Waals surface area contributed by atoms with Gasteiger partial charge in [0.15, 0.2) is 0 Å². The molecule has 0 N–H and O–H groups in total. The molecule has 3 aromatic heterocycles. The van der Waals surface area contributed by atoms with E-state index in [0.717, 1.165) is 118 Å². The number of nitrogens with zero attached hydrogens (tertiary/aromatic N) is 3. The van der Waals surface area contributed by atoms with Crippen molar-refractivity contribution in [2.75, 3.05) is 21.3 Å². The molecule has 1 aliphatic rings. The van der Waals surface area contributed by atoms with Crippen molar-refractivity contribution in [3.63, 3.8) is 0 Å². The highest BCUT2D eigenvalue weighted by Crippen LogP contribution is 2.44. The van der Waals surface area contributed by atoms with Gasteiger partial charge in [0.1, 0.15) is 54.3 Å². The zero-order valence-corrected chi connectivity index (χ0v) is 51.2. The molecule has 12 bridgehead atoms. The molecule has 9 nitrogen and oxygen atoms in total. The van der Waals surface area contributed by atoms with Gasteiger partial charge in [-0.1, -0.05) is 172 Å². The lowest BCUT2D eigenvalue weighted by Gasteiger charge is -2.26. The zero-order chi connectivity index (χ0) is 59.2. The minimum atomic E-state index is -0.191. The minimum absolute atomic E-state index is 0.191. The third-order valence-electron chi connectivity index (χ3n) is 16.0. The van der Waals surface area contributed by atoms with E-state index >= 15 is 0 Å². The van der Waals surface area contributed by atoms with Crippen LogP contribution in [0.5, 0.6) is 34.5 Å². The average molecular weight is 1120 g/mol. The first kappa shape index (κ1) is 58.8. The molecule has 9 aromatic rings. The second kappa shape index (κ2) is 25.2. The van der Waals surface area contributed by atoms with Crippen LogP contribution in [-0.4, -0.2) is 36.3 Å². The molecule has 9 heteroatoms. The van der Waals surface area contributed by atoms with Crippen LogP contribution in [0.3, 0.4) is 0 Å². The van der Waals surface area contributed by atoms with Crippen molar-refractivity contribution < 1.29 is 28.4 Å². The normalized spacial score (nSPS) is 12.9. The van der Waals surface area contributed by atoms with Crippen molar-refractivity contribution in [1.82, 2.24) is 15.0 Å². The molecule has 0 aliphatic heterocycles. The van der Waals surface area contributed by atoms with Gasteiger partial charge in [-0.15, -0.1) is 0 Å². The van der Waals surface area contributed by atoms with Crippen LogP contribution in [0.15, 0.2) is 164 Å². The van der Waals surface area contributed by atoms with Crippen LogP contribution in [-0.2, 0) is 74.6 Å². The van der Waals surface area contributed by atoms with Gasteiger partial charge >= 0.3 is 0 Å². The van der Waals surface area contributed by atoms with Gasteiger partial charge in [0.25, 0.3) is 0 Å². The van der Waals surface area contributed by atoms with Crippen molar-refractivity contribution >= 4 is 0 Å². The summed E-state index contributed by atoms with van der Waals surface area (Å²) in [5, 5.41) is 0. The van der Waals surface area contributed by atoms with Crippen LogP contribution in [0.25, 0.3) is 0 Å². The molecule has 10 rings (SSSR count). The van der Waals surface area contributed by atoms with Gasteiger partial charge in [-0.3, -0.25) is 15.0 Å². The quantitative estimate of drug-likeness (QED) is 0.119. The van der Waals surface area contributed by atoms with E-state index in [4.69, 9.17) is 43.4 Å². The Morgan fingerprint density at radius 2 is 0.512 bits per heavy atom. The van der Waals surface area contributed by atoms with E-state index in [1.54, 1.807) is 21.3 Å². The summed E-state index contributed by atoms with van der Waals surface area (Å²) in [6, 6.07) is 51.5. The summed E-state index contributed by atoms with van der Waals surface area (Å²) in [6.45, 7) is 21.4. The Balaban J connectivity index is 1.24. The van der Waals surface area contributed by atoms with Crippen molar-refractivity contribution in [3.8, 4) is 34.5 Å². The van der Waals surface area contributed by atoms with Crippen LogP contribution in [0, 0.1) is 0 Å². The first-order valence-corrected chi connectivity index (χ1v) is 29.4. The molecule has 0 amide bonds. The van der Waals surface area contributed by atoms with Crippen molar-refractivity contribution in [2.24, 2.45) is 0 Å². The first-order chi connectivity index (χ1) is 40.4. The molecular formula is C75H81N3O6. The van der Waals surface area contributed by atoms with E-state index in [2.05, 4.69) is 153 Å². The molecule has 6 aromatic carbocycles. The molecule has 3 heterocycles. The molecule has 84 heavy (non-hydrogen) atoms. The summed E-state index contributed by atoms with van der Waals surface area (Å²) in [6.07, 6.45) is 8.72. The summed E-state index contributed by atoms with van der Waals surface area (Å²) in [5.41, 5.74) is 18.2. The number of para-hydroxylation sites is 3. The van der Waals surface area contributed by atoms with Crippen LogP contribution in [0.2, 0.25) is 0 Å². The number of fused-ring (bicyclic) bond motifs is 12. The Labute approximate surface area is 498 Å². The maximum atomic E-state index is 7.08. The summed E-state index contributed by atoms with van der Waals surface area (Å²) in [7, 11) is 5.38. The third kappa shape index (κ3) is 13.6. The lowest BCUT2D eigenvalue weighted by molar-refractivity contribution is 0.295. The largest absolute Gasteiger partial charge is 0.496 e. The fourth-order valence-electron chi connectivity index (χ4n) is 11.6. The van der Waals surface area contributed by atoms with Gasteiger partial charge in [0.2, 0.25) is 0 Å². The molecule has 0 fully saturated rings. The summed E-state index contributed by atoms with van der Waals surface area (Å²) >= 11 is 0. The van der Waals surface area contributed by atoms with E-state index in [9.17, 15) is 0 Å². The fourth-order valence-corrected chi connectivity index (χ4v) is 11.6. The fraction of sp³-hybridized carbons (Fsp3) is 0.320. The zero-order valence-electron chi connectivity index (χ0n) is 51.2. The lowest BCUT2D eigenvalue weighted by atomic mass is 9.81. The van der Waals surface area contributed by atoms with Crippen LogP contribution >= 0.6 is 0 Å². The van der Waals surface area contributed by atoms with Gasteiger partial charge < -0.3 is 28.4 Å². The molecule has 0 saturated carbocycles. The predicted molar refractivity (Wildman–Crippen MR) is 337 cm³/mol. The minimum Gasteiger partial charge on any atom is -0.496 e. The predicted octanol–water partition coefficient (Wildman–Crippen LogP) is 16.4. The van der Waals surface area contributed by atoms with Crippen molar-refractivity contribution in [2.45, 2.75) is 137 Å². The number of aromatic nitrogens is 3. The van der Waals surface area contributed by atoms with Crippen LogP contribution < -0.4 is 28.4 Å². The number of methoxy groups -OCH3 is 3. The van der Waals surface area contributed by atoms with Gasteiger partial charge in [-0.25, -0.2) is 0 Å². The number of rotatable bonds is 12. The van der Waals surface area contributed by atoms with E-state index in [1.807, 2.05) is 73.2 Å². The average Bonchev–Trinajstić information content (AvgIpc) is 3.28. The highest BCUT2D eigenvalue weighted by atomic mass is 16.5. The first-order valence-electron chi connectivity index (χ1n) is 29.4. The highest BCUT2D eigenvalue weighted by Gasteiger charge is 2.28. The Bertz CT molecular complexity index is 3220. The number of ether oxygens (including phenoxy) is 6. The maximum absolute atomic E-state index is 7.08. The van der Waals surface area contributed by atoms with Crippen LogP contribution in [0.4, 0.5) is 0 Å². The molecule has 0 unspecified atom stereocenters. The Hall–Kier alpha value is -8.43. The number of pyridine rings is 3.